The summed E-state index contributed by atoms with van der Waals surface area (Å²) < 4.78 is 0. The summed E-state index contributed by atoms with van der Waals surface area (Å²) in [6.45, 7) is 2.13. The lowest BCUT2D eigenvalue weighted by atomic mass is 9.87. The van der Waals surface area contributed by atoms with Crippen LogP contribution in [-0.2, 0) is 4.79 Å². The van der Waals surface area contributed by atoms with Crippen LogP contribution in [-0.4, -0.2) is 24.3 Å². The van der Waals surface area contributed by atoms with E-state index in [0.717, 1.165) is 19.3 Å². The minimum absolute atomic E-state index is 0.0524. The van der Waals surface area contributed by atoms with Gasteiger partial charge in [-0.1, -0.05) is 6.42 Å². The molecule has 0 radical (unpaired) electrons. The van der Waals surface area contributed by atoms with Gasteiger partial charge in [-0.3, -0.25) is 9.79 Å². The zero-order chi connectivity index (χ0) is 11.4. The fraction of sp³-hybridized carbons (Fsp3) is 0.800. The highest BCUT2D eigenvalue weighted by Crippen LogP contribution is 2.33. The van der Waals surface area contributed by atoms with Gasteiger partial charge in [-0.15, -0.1) is 0 Å². The van der Waals surface area contributed by atoms with Gasteiger partial charge in [0.25, 0.3) is 0 Å². The number of hydrogen-bond acceptors (Lipinski definition) is 3. The molecule has 0 aromatic heterocycles. The normalized spacial score (nSPS) is 27.3. The van der Waals surface area contributed by atoms with Gasteiger partial charge in [0.15, 0.2) is 5.96 Å². The minimum atomic E-state index is -0.355. The summed E-state index contributed by atoms with van der Waals surface area (Å²) in [6, 6.07) is -0.355. The van der Waals surface area contributed by atoms with Gasteiger partial charge in [0.1, 0.15) is 5.78 Å². The minimum Gasteiger partial charge on any atom is -0.370 e. The fourth-order valence-electron chi connectivity index (χ4n) is 2.29. The Morgan fingerprint density at radius 3 is 2.67 bits per heavy atom. The highest BCUT2D eigenvalue weighted by atomic mass is 16.1. The molecule has 0 heterocycles. The van der Waals surface area contributed by atoms with Crippen molar-refractivity contribution in [3.05, 3.63) is 0 Å². The third-order valence-electron chi connectivity index (χ3n) is 3.16. The molecule has 3 unspecified atom stereocenters. The molecule has 0 bridgehead atoms. The smallest absolute Gasteiger partial charge is 0.185 e. The van der Waals surface area contributed by atoms with Crippen molar-refractivity contribution in [2.24, 2.45) is 34.0 Å². The quantitative estimate of drug-likeness (QED) is 0.435. The molecule has 6 N–H and O–H groups in total. The molecule has 86 valence electrons. The number of nitrogens with two attached hydrogens (primary N) is 3. The van der Waals surface area contributed by atoms with Crippen molar-refractivity contribution in [3.63, 3.8) is 0 Å². The SMILES string of the molecule is CC(=O)C(N)C1CCCC1CN=C(N)N. The van der Waals surface area contributed by atoms with E-state index in [0.29, 0.717) is 12.5 Å². The van der Waals surface area contributed by atoms with E-state index in [1.807, 2.05) is 0 Å². The van der Waals surface area contributed by atoms with Gasteiger partial charge < -0.3 is 17.2 Å². The van der Waals surface area contributed by atoms with E-state index >= 15 is 0 Å². The van der Waals surface area contributed by atoms with Crippen molar-refractivity contribution in [1.29, 1.82) is 0 Å². The number of ketones is 1. The van der Waals surface area contributed by atoms with Crippen molar-refractivity contribution in [1.82, 2.24) is 0 Å². The third-order valence-corrected chi connectivity index (χ3v) is 3.16. The van der Waals surface area contributed by atoms with Crippen LogP contribution in [0.3, 0.4) is 0 Å². The van der Waals surface area contributed by atoms with E-state index in [2.05, 4.69) is 4.99 Å². The van der Waals surface area contributed by atoms with Crippen molar-refractivity contribution in [3.8, 4) is 0 Å². The van der Waals surface area contributed by atoms with Crippen LogP contribution in [0.25, 0.3) is 0 Å². The molecule has 0 spiro atoms. The number of carbonyl (C=O) groups excluding carboxylic acids is 1. The van der Waals surface area contributed by atoms with Gasteiger partial charge in [-0.05, 0) is 31.6 Å². The van der Waals surface area contributed by atoms with E-state index in [1.54, 1.807) is 6.92 Å². The first-order valence-electron chi connectivity index (χ1n) is 5.33. The molecular formula is C10H20N4O. The number of rotatable bonds is 4. The molecule has 5 nitrogen and oxygen atoms in total. The van der Waals surface area contributed by atoms with Gasteiger partial charge in [0.05, 0.1) is 6.04 Å². The monoisotopic (exact) mass is 212 g/mol. The van der Waals surface area contributed by atoms with Crippen molar-refractivity contribution in [2.75, 3.05) is 6.54 Å². The summed E-state index contributed by atoms with van der Waals surface area (Å²) in [4.78, 5) is 15.2. The van der Waals surface area contributed by atoms with Gasteiger partial charge in [0, 0.05) is 6.54 Å². The zero-order valence-electron chi connectivity index (χ0n) is 9.15. The average Bonchev–Trinajstić information content (AvgIpc) is 2.60. The molecule has 0 aromatic rings. The Balaban J connectivity index is 2.57. The maximum Gasteiger partial charge on any atom is 0.185 e. The maximum absolute atomic E-state index is 11.2. The summed E-state index contributed by atoms with van der Waals surface area (Å²) >= 11 is 0. The lowest BCUT2D eigenvalue weighted by Crippen LogP contribution is -2.39. The Labute approximate surface area is 90.1 Å². The second-order valence-corrected chi connectivity index (χ2v) is 4.26. The van der Waals surface area contributed by atoms with Gasteiger partial charge in [-0.2, -0.15) is 0 Å². The predicted molar refractivity (Wildman–Crippen MR) is 60.2 cm³/mol. The second-order valence-electron chi connectivity index (χ2n) is 4.26. The lowest BCUT2D eigenvalue weighted by molar-refractivity contribution is -0.119. The van der Waals surface area contributed by atoms with Crippen LogP contribution in [0.15, 0.2) is 4.99 Å². The number of aliphatic imine (C=N–C) groups is 1. The standard InChI is InChI=1S/C10H20N4O/c1-6(15)9(11)8-4-2-3-7(8)5-14-10(12)13/h7-9H,2-5,11H2,1H3,(H4,12,13,14). The van der Waals surface area contributed by atoms with Crippen LogP contribution in [0.1, 0.15) is 26.2 Å². The van der Waals surface area contributed by atoms with Crippen LogP contribution in [0, 0.1) is 11.8 Å². The molecular weight excluding hydrogens is 192 g/mol. The molecule has 1 fully saturated rings. The molecule has 1 saturated carbocycles. The van der Waals surface area contributed by atoms with Crippen LogP contribution in [0.5, 0.6) is 0 Å². The van der Waals surface area contributed by atoms with Crippen LogP contribution in [0.4, 0.5) is 0 Å². The summed E-state index contributed by atoms with van der Waals surface area (Å²) in [5.41, 5.74) is 16.4. The molecule has 3 atom stereocenters. The van der Waals surface area contributed by atoms with E-state index in [-0.39, 0.29) is 23.7 Å². The van der Waals surface area contributed by atoms with Crippen molar-refractivity contribution in [2.45, 2.75) is 32.2 Å². The van der Waals surface area contributed by atoms with Gasteiger partial charge >= 0.3 is 0 Å². The Hall–Kier alpha value is -1.10. The van der Waals surface area contributed by atoms with E-state index in [4.69, 9.17) is 17.2 Å². The summed E-state index contributed by atoms with van der Waals surface area (Å²) in [5, 5.41) is 0. The largest absolute Gasteiger partial charge is 0.370 e. The number of guanidine groups is 1. The Bertz CT molecular complexity index is 260. The average molecular weight is 212 g/mol. The van der Waals surface area contributed by atoms with E-state index in [9.17, 15) is 4.79 Å². The summed E-state index contributed by atoms with van der Waals surface area (Å²) in [6.07, 6.45) is 3.17. The van der Waals surface area contributed by atoms with E-state index < -0.39 is 0 Å². The first-order valence-corrected chi connectivity index (χ1v) is 5.33. The Kier molecular flexibility index (Phi) is 4.08. The molecule has 0 aromatic carbocycles. The predicted octanol–water partition coefficient (Wildman–Crippen LogP) is -0.408. The lowest BCUT2D eigenvalue weighted by Gasteiger charge is -2.22. The molecule has 0 amide bonds. The molecule has 15 heavy (non-hydrogen) atoms. The molecule has 1 aliphatic carbocycles. The highest BCUT2D eigenvalue weighted by molar-refractivity contribution is 5.81. The third kappa shape index (κ3) is 3.20. The van der Waals surface area contributed by atoms with Crippen LogP contribution in [0.2, 0.25) is 0 Å². The van der Waals surface area contributed by atoms with E-state index in [1.165, 1.54) is 0 Å². The summed E-state index contributed by atoms with van der Waals surface area (Å²) in [5.74, 6) is 0.755. The first kappa shape index (κ1) is 12.0. The number of carbonyl (C=O) groups is 1. The molecule has 0 aliphatic heterocycles. The number of nitrogens with zero attached hydrogens (tertiary/aromatic N) is 1. The van der Waals surface area contributed by atoms with Gasteiger partial charge in [-0.25, -0.2) is 0 Å². The van der Waals surface area contributed by atoms with Crippen LogP contribution < -0.4 is 17.2 Å². The van der Waals surface area contributed by atoms with Crippen molar-refractivity contribution < 1.29 is 4.79 Å². The second kappa shape index (κ2) is 5.11. The topological polar surface area (TPSA) is 107 Å². The fourth-order valence-corrected chi connectivity index (χ4v) is 2.29. The Morgan fingerprint density at radius 1 is 1.47 bits per heavy atom. The molecule has 1 aliphatic rings. The van der Waals surface area contributed by atoms with Gasteiger partial charge in [0.2, 0.25) is 0 Å². The molecule has 1 rings (SSSR count). The molecule has 0 saturated heterocycles. The Morgan fingerprint density at radius 2 is 2.13 bits per heavy atom. The molecule has 5 heteroatoms. The highest BCUT2D eigenvalue weighted by Gasteiger charge is 2.33. The summed E-state index contributed by atoms with van der Waals surface area (Å²) in [7, 11) is 0. The zero-order valence-corrected chi connectivity index (χ0v) is 9.15. The first-order chi connectivity index (χ1) is 7.02. The van der Waals surface area contributed by atoms with Crippen molar-refractivity contribution >= 4 is 11.7 Å². The van der Waals surface area contributed by atoms with Crippen LogP contribution >= 0.6 is 0 Å². The number of Topliss-reactive ketones (excluding diaryl/α,β-unsaturated/α-hetero) is 1. The maximum atomic E-state index is 11.2. The number of hydrogen-bond donors (Lipinski definition) is 3.